The number of thiophene rings is 1. The zero-order chi connectivity index (χ0) is 24.8. The van der Waals surface area contributed by atoms with E-state index in [0.29, 0.717) is 33.8 Å². The van der Waals surface area contributed by atoms with E-state index in [1.807, 2.05) is 6.92 Å². The van der Waals surface area contributed by atoms with Crippen LogP contribution in [-0.2, 0) is 35.9 Å². The highest BCUT2D eigenvalue weighted by molar-refractivity contribution is 7.99. The average molecular weight is 511 g/mol. The normalized spacial score (nSPS) is 12.5. The highest BCUT2D eigenvalue weighted by Crippen LogP contribution is 2.37. The van der Waals surface area contributed by atoms with Crippen molar-refractivity contribution >= 4 is 45.6 Å². The van der Waals surface area contributed by atoms with Crippen LogP contribution in [0, 0.1) is 11.3 Å². The standard InChI is InChI=1S/C24H26N6O3S2/c1-3-33-16-10-8-15(9-11-16)26-21(31)12-20-28-29-24(30(20)2)34-14-22(32)27-23-18(13-25)17-6-4-5-7-19(17)35-23/h8-11H,3-7,12,14H2,1-2H3,(H,26,31)(H,27,32). The molecule has 0 fully saturated rings. The van der Waals surface area contributed by atoms with E-state index in [9.17, 15) is 14.9 Å². The van der Waals surface area contributed by atoms with Gasteiger partial charge in [0.2, 0.25) is 11.8 Å². The molecule has 2 aromatic heterocycles. The van der Waals surface area contributed by atoms with Crippen molar-refractivity contribution in [2.75, 3.05) is 23.0 Å². The molecule has 0 atom stereocenters. The fourth-order valence-electron chi connectivity index (χ4n) is 3.84. The van der Waals surface area contributed by atoms with Gasteiger partial charge in [-0.15, -0.1) is 21.5 Å². The number of aromatic nitrogens is 3. The summed E-state index contributed by atoms with van der Waals surface area (Å²) in [6, 6.07) is 9.41. The number of rotatable bonds is 9. The Hall–Kier alpha value is -3.36. The van der Waals surface area contributed by atoms with Crippen LogP contribution in [0.15, 0.2) is 29.4 Å². The van der Waals surface area contributed by atoms with Gasteiger partial charge in [-0.2, -0.15) is 5.26 Å². The Morgan fingerprint density at radius 2 is 1.94 bits per heavy atom. The topological polar surface area (TPSA) is 122 Å². The minimum absolute atomic E-state index is 0.0513. The molecule has 0 saturated carbocycles. The number of carbonyl (C=O) groups excluding carboxylic acids is 2. The fraction of sp³-hybridized carbons (Fsp3) is 0.375. The third-order valence-electron chi connectivity index (χ3n) is 5.56. The molecule has 2 amide bonds. The van der Waals surface area contributed by atoms with Crippen LogP contribution < -0.4 is 15.4 Å². The number of nitrogens with one attached hydrogen (secondary N) is 2. The van der Waals surface area contributed by atoms with E-state index in [1.54, 1.807) is 35.9 Å². The van der Waals surface area contributed by atoms with Gasteiger partial charge in [0, 0.05) is 17.6 Å². The summed E-state index contributed by atoms with van der Waals surface area (Å²) in [5, 5.41) is 24.7. The molecule has 4 rings (SSSR count). The van der Waals surface area contributed by atoms with Gasteiger partial charge in [0.15, 0.2) is 5.16 Å². The molecule has 3 aromatic rings. The van der Waals surface area contributed by atoms with E-state index in [1.165, 1.54) is 28.0 Å². The van der Waals surface area contributed by atoms with Crippen molar-refractivity contribution in [2.24, 2.45) is 7.05 Å². The van der Waals surface area contributed by atoms with Gasteiger partial charge in [0.1, 0.15) is 22.6 Å². The molecule has 0 unspecified atom stereocenters. The minimum atomic E-state index is -0.218. The Kier molecular flexibility index (Phi) is 8.05. The smallest absolute Gasteiger partial charge is 0.235 e. The first-order valence-electron chi connectivity index (χ1n) is 11.4. The van der Waals surface area contributed by atoms with E-state index in [0.717, 1.165) is 37.0 Å². The number of anilines is 2. The fourth-order valence-corrected chi connectivity index (χ4v) is 5.83. The summed E-state index contributed by atoms with van der Waals surface area (Å²) in [5.41, 5.74) is 2.36. The number of hydrogen-bond donors (Lipinski definition) is 2. The number of aryl methyl sites for hydroxylation is 1. The van der Waals surface area contributed by atoms with E-state index in [-0.39, 0.29) is 24.0 Å². The number of nitriles is 1. The van der Waals surface area contributed by atoms with Gasteiger partial charge in [-0.25, -0.2) is 0 Å². The number of benzene rings is 1. The van der Waals surface area contributed by atoms with Crippen LogP contribution in [0.2, 0.25) is 0 Å². The molecule has 2 N–H and O–H groups in total. The Morgan fingerprint density at radius 1 is 1.17 bits per heavy atom. The summed E-state index contributed by atoms with van der Waals surface area (Å²) in [6.07, 6.45) is 4.11. The third-order valence-corrected chi connectivity index (χ3v) is 7.79. The maximum absolute atomic E-state index is 12.6. The molecule has 0 saturated heterocycles. The second-order valence-electron chi connectivity index (χ2n) is 8.00. The Labute approximate surface area is 211 Å². The summed E-state index contributed by atoms with van der Waals surface area (Å²) < 4.78 is 7.11. The van der Waals surface area contributed by atoms with Crippen molar-refractivity contribution < 1.29 is 14.3 Å². The van der Waals surface area contributed by atoms with Crippen LogP contribution in [-0.4, -0.2) is 38.9 Å². The SMILES string of the molecule is CCOc1ccc(NC(=O)Cc2nnc(SCC(=O)Nc3sc4c(c3C#N)CCCC4)n2C)cc1. The Balaban J connectivity index is 1.30. The van der Waals surface area contributed by atoms with Crippen LogP contribution in [0.3, 0.4) is 0 Å². The van der Waals surface area contributed by atoms with Crippen molar-refractivity contribution in [3.63, 3.8) is 0 Å². The molecule has 182 valence electrons. The van der Waals surface area contributed by atoms with E-state index < -0.39 is 0 Å². The van der Waals surface area contributed by atoms with Gasteiger partial charge in [-0.1, -0.05) is 11.8 Å². The van der Waals surface area contributed by atoms with Gasteiger partial charge < -0.3 is 19.9 Å². The zero-order valence-corrected chi connectivity index (χ0v) is 21.2. The number of thioether (sulfide) groups is 1. The lowest BCUT2D eigenvalue weighted by Gasteiger charge is -2.09. The lowest BCUT2D eigenvalue weighted by Crippen LogP contribution is -2.17. The monoisotopic (exact) mass is 510 g/mol. The van der Waals surface area contributed by atoms with E-state index in [2.05, 4.69) is 26.9 Å². The molecular weight excluding hydrogens is 484 g/mol. The number of amides is 2. The summed E-state index contributed by atoms with van der Waals surface area (Å²) in [7, 11) is 1.76. The van der Waals surface area contributed by atoms with Crippen LogP contribution in [0.25, 0.3) is 0 Å². The van der Waals surface area contributed by atoms with Crippen molar-refractivity contribution in [3.8, 4) is 11.8 Å². The predicted molar refractivity (Wildman–Crippen MR) is 136 cm³/mol. The van der Waals surface area contributed by atoms with Gasteiger partial charge in [0.25, 0.3) is 0 Å². The van der Waals surface area contributed by atoms with E-state index in [4.69, 9.17) is 4.74 Å². The molecule has 2 heterocycles. The maximum atomic E-state index is 12.6. The van der Waals surface area contributed by atoms with Crippen LogP contribution in [0.4, 0.5) is 10.7 Å². The average Bonchev–Trinajstić information content (AvgIpc) is 3.38. The minimum Gasteiger partial charge on any atom is -0.494 e. The molecular formula is C24H26N6O3S2. The van der Waals surface area contributed by atoms with Gasteiger partial charge in [0.05, 0.1) is 24.3 Å². The molecule has 1 aromatic carbocycles. The van der Waals surface area contributed by atoms with Crippen molar-refractivity contribution in [2.45, 2.75) is 44.2 Å². The first-order valence-corrected chi connectivity index (χ1v) is 13.2. The maximum Gasteiger partial charge on any atom is 0.235 e. The second-order valence-corrected chi connectivity index (χ2v) is 10.1. The molecule has 0 spiro atoms. The van der Waals surface area contributed by atoms with E-state index >= 15 is 0 Å². The summed E-state index contributed by atoms with van der Waals surface area (Å²) in [5.74, 6) is 0.936. The largest absolute Gasteiger partial charge is 0.494 e. The van der Waals surface area contributed by atoms with Crippen molar-refractivity contribution in [1.29, 1.82) is 5.26 Å². The van der Waals surface area contributed by atoms with Crippen LogP contribution >= 0.6 is 23.1 Å². The molecule has 1 aliphatic carbocycles. The number of nitrogens with zero attached hydrogens (tertiary/aromatic N) is 4. The number of carbonyl (C=O) groups is 2. The molecule has 0 aliphatic heterocycles. The summed E-state index contributed by atoms with van der Waals surface area (Å²) in [6.45, 7) is 2.49. The second kappa shape index (κ2) is 11.4. The van der Waals surface area contributed by atoms with Crippen molar-refractivity contribution in [3.05, 3.63) is 46.1 Å². The highest BCUT2D eigenvalue weighted by Gasteiger charge is 2.22. The van der Waals surface area contributed by atoms with Crippen LogP contribution in [0.5, 0.6) is 5.75 Å². The quantitative estimate of drug-likeness (QED) is 0.418. The number of hydrogen-bond acceptors (Lipinski definition) is 8. The number of fused-ring (bicyclic) bond motifs is 1. The third kappa shape index (κ3) is 6.01. The van der Waals surface area contributed by atoms with Crippen molar-refractivity contribution in [1.82, 2.24) is 14.8 Å². The van der Waals surface area contributed by atoms with Gasteiger partial charge >= 0.3 is 0 Å². The predicted octanol–water partition coefficient (Wildman–Crippen LogP) is 3.94. The molecule has 0 bridgehead atoms. The lowest BCUT2D eigenvalue weighted by molar-refractivity contribution is -0.116. The summed E-state index contributed by atoms with van der Waals surface area (Å²) in [4.78, 5) is 26.2. The van der Waals surface area contributed by atoms with Crippen LogP contribution in [0.1, 0.15) is 41.6 Å². The van der Waals surface area contributed by atoms with Gasteiger partial charge in [-0.3, -0.25) is 9.59 Å². The Morgan fingerprint density at radius 3 is 2.69 bits per heavy atom. The first-order chi connectivity index (χ1) is 17.0. The molecule has 11 heteroatoms. The molecule has 1 aliphatic rings. The highest BCUT2D eigenvalue weighted by atomic mass is 32.2. The lowest BCUT2D eigenvalue weighted by atomic mass is 9.96. The Bertz CT molecular complexity index is 1260. The van der Waals surface area contributed by atoms with Gasteiger partial charge in [-0.05, 0) is 62.4 Å². The molecule has 9 nitrogen and oxygen atoms in total. The molecule has 35 heavy (non-hydrogen) atoms. The zero-order valence-electron chi connectivity index (χ0n) is 19.6. The summed E-state index contributed by atoms with van der Waals surface area (Å²) >= 11 is 2.74. The molecule has 0 radical (unpaired) electrons. The number of ether oxygens (including phenoxy) is 1. The first kappa shape index (κ1) is 24.8.